The van der Waals surface area contributed by atoms with Crippen molar-refractivity contribution in [3.63, 3.8) is 0 Å². The van der Waals surface area contributed by atoms with Crippen molar-refractivity contribution >= 4 is 5.91 Å². The number of hydrogen-bond donors (Lipinski definition) is 1. The molecule has 0 bridgehead atoms. The average molecular weight is 344 g/mol. The fraction of sp³-hybridized carbons (Fsp3) is 0.667. The second-order valence-corrected chi connectivity index (χ2v) is 8.37. The van der Waals surface area contributed by atoms with Gasteiger partial charge in [0.05, 0.1) is 5.41 Å². The number of benzene rings is 1. The van der Waals surface area contributed by atoms with Crippen molar-refractivity contribution in [2.75, 3.05) is 26.2 Å². The largest absolute Gasteiger partial charge is 0.342 e. The number of halogens is 1. The van der Waals surface area contributed by atoms with E-state index in [1.807, 2.05) is 6.07 Å². The highest BCUT2D eigenvalue weighted by Gasteiger charge is 2.46. The molecule has 3 aliphatic rings. The number of likely N-dealkylation sites (tertiary alicyclic amines) is 1. The third-order valence-electron chi connectivity index (χ3n) is 6.94. The van der Waals surface area contributed by atoms with Crippen LogP contribution < -0.4 is 5.32 Å². The van der Waals surface area contributed by atoms with E-state index in [1.165, 1.54) is 18.9 Å². The molecule has 3 nitrogen and oxygen atoms in total. The van der Waals surface area contributed by atoms with E-state index in [4.69, 9.17) is 0 Å². The van der Waals surface area contributed by atoms with Crippen LogP contribution in [0.25, 0.3) is 0 Å². The molecule has 25 heavy (non-hydrogen) atoms. The van der Waals surface area contributed by atoms with E-state index in [2.05, 4.69) is 10.2 Å². The summed E-state index contributed by atoms with van der Waals surface area (Å²) in [6.45, 7) is 3.93. The lowest BCUT2D eigenvalue weighted by Gasteiger charge is -2.45. The summed E-state index contributed by atoms with van der Waals surface area (Å²) in [5.41, 5.74) is 0.800. The molecule has 1 N–H and O–H groups in total. The van der Waals surface area contributed by atoms with Crippen LogP contribution in [0.2, 0.25) is 0 Å². The van der Waals surface area contributed by atoms with Gasteiger partial charge in [0.1, 0.15) is 5.82 Å². The molecule has 1 amide bonds. The summed E-state index contributed by atoms with van der Waals surface area (Å²) in [5.74, 6) is 0.0171. The minimum absolute atomic E-state index is 0.232. The number of nitrogens with zero attached hydrogens (tertiary/aromatic N) is 1. The molecule has 4 rings (SSSR count). The molecule has 1 aromatic carbocycles. The Balaban J connectivity index is 1.56. The van der Waals surface area contributed by atoms with E-state index in [0.717, 1.165) is 70.3 Å². The van der Waals surface area contributed by atoms with Crippen LogP contribution in [0.4, 0.5) is 4.39 Å². The number of carbonyl (C=O) groups excluding carboxylic acids is 1. The standard InChI is InChI=1S/C21H29FN2O/c22-18-6-4-5-17(15-18)21(7-2-1-3-8-21)19(25)24-13-10-20(11-14-24)9-12-23-16-20/h4-6,15,23H,1-3,7-14,16H2. The SMILES string of the molecule is O=C(N1CCC2(CCNC2)CC1)C1(c2cccc(F)c2)CCCCC1. The predicted octanol–water partition coefficient (Wildman–Crippen LogP) is 3.63. The van der Waals surface area contributed by atoms with Gasteiger partial charge in [0.15, 0.2) is 0 Å². The van der Waals surface area contributed by atoms with Crippen LogP contribution in [0, 0.1) is 11.2 Å². The lowest BCUT2D eigenvalue weighted by atomic mass is 9.67. The predicted molar refractivity (Wildman–Crippen MR) is 96.9 cm³/mol. The molecular weight excluding hydrogens is 315 g/mol. The minimum atomic E-state index is -0.501. The van der Waals surface area contributed by atoms with Crippen molar-refractivity contribution < 1.29 is 9.18 Å². The Hall–Kier alpha value is -1.42. The van der Waals surface area contributed by atoms with Crippen molar-refractivity contribution in [2.45, 2.75) is 56.8 Å². The first kappa shape index (κ1) is 17.0. The maximum atomic E-state index is 13.9. The van der Waals surface area contributed by atoms with Crippen LogP contribution in [-0.4, -0.2) is 37.0 Å². The molecule has 2 saturated heterocycles. The number of rotatable bonds is 2. The summed E-state index contributed by atoms with van der Waals surface area (Å²) >= 11 is 0. The van der Waals surface area contributed by atoms with Crippen molar-refractivity contribution in [3.8, 4) is 0 Å². The monoisotopic (exact) mass is 344 g/mol. The van der Waals surface area contributed by atoms with E-state index in [9.17, 15) is 9.18 Å². The minimum Gasteiger partial charge on any atom is -0.342 e. The Bertz CT molecular complexity index is 623. The Morgan fingerprint density at radius 2 is 1.80 bits per heavy atom. The maximum absolute atomic E-state index is 13.9. The zero-order chi connectivity index (χ0) is 17.3. The van der Waals surface area contributed by atoms with Gasteiger partial charge in [0.25, 0.3) is 0 Å². The molecule has 4 heteroatoms. The van der Waals surface area contributed by atoms with Crippen LogP contribution in [0.3, 0.4) is 0 Å². The van der Waals surface area contributed by atoms with E-state index in [-0.39, 0.29) is 11.7 Å². The average Bonchev–Trinajstić information content (AvgIpc) is 3.10. The summed E-state index contributed by atoms with van der Waals surface area (Å²) in [6, 6.07) is 6.78. The fourth-order valence-corrected chi connectivity index (χ4v) is 5.28. The van der Waals surface area contributed by atoms with Crippen LogP contribution in [0.5, 0.6) is 0 Å². The maximum Gasteiger partial charge on any atom is 0.233 e. The summed E-state index contributed by atoms with van der Waals surface area (Å²) in [7, 11) is 0. The third-order valence-corrected chi connectivity index (χ3v) is 6.94. The zero-order valence-corrected chi connectivity index (χ0v) is 15.0. The Labute approximate surface area is 150 Å². The topological polar surface area (TPSA) is 32.3 Å². The van der Waals surface area contributed by atoms with Gasteiger partial charge >= 0.3 is 0 Å². The molecule has 2 aliphatic heterocycles. The van der Waals surface area contributed by atoms with Gasteiger partial charge in [-0.15, -0.1) is 0 Å². The van der Waals surface area contributed by atoms with Crippen LogP contribution >= 0.6 is 0 Å². The molecule has 0 unspecified atom stereocenters. The van der Waals surface area contributed by atoms with Gasteiger partial charge in [-0.1, -0.05) is 31.4 Å². The molecular formula is C21H29FN2O. The summed E-state index contributed by atoms with van der Waals surface area (Å²) in [4.78, 5) is 15.7. The van der Waals surface area contributed by atoms with E-state index in [1.54, 1.807) is 12.1 Å². The van der Waals surface area contributed by atoms with Crippen molar-refractivity contribution in [3.05, 3.63) is 35.6 Å². The van der Waals surface area contributed by atoms with Gasteiger partial charge in [-0.2, -0.15) is 0 Å². The van der Waals surface area contributed by atoms with Gasteiger partial charge in [0, 0.05) is 19.6 Å². The van der Waals surface area contributed by atoms with Crippen molar-refractivity contribution in [2.24, 2.45) is 5.41 Å². The molecule has 1 aliphatic carbocycles. The van der Waals surface area contributed by atoms with E-state index < -0.39 is 5.41 Å². The zero-order valence-electron chi connectivity index (χ0n) is 15.0. The molecule has 3 fully saturated rings. The first-order valence-corrected chi connectivity index (χ1v) is 9.90. The Morgan fingerprint density at radius 1 is 1.04 bits per heavy atom. The van der Waals surface area contributed by atoms with Crippen LogP contribution in [-0.2, 0) is 10.2 Å². The molecule has 1 spiro atoms. The molecule has 1 saturated carbocycles. The normalized spacial score (nSPS) is 25.2. The second-order valence-electron chi connectivity index (χ2n) is 8.37. The van der Waals surface area contributed by atoms with Gasteiger partial charge in [-0.3, -0.25) is 4.79 Å². The van der Waals surface area contributed by atoms with Gasteiger partial charge < -0.3 is 10.2 Å². The number of amides is 1. The van der Waals surface area contributed by atoms with Gasteiger partial charge in [-0.25, -0.2) is 4.39 Å². The summed E-state index contributed by atoms with van der Waals surface area (Å²) in [5, 5.41) is 3.48. The molecule has 0 atom stereocenters. The molecule has 2 heterocycles. The molecule has 136 valence electrons. The van der Waals surface area contributed by atoms with Crippen molar-refractivity contribution in [1.29, 1.82) is 0 Å². The number of nitrogens with one attached hydrogen (secondary N) is 1. The molecule has 0 radical (unpaired) electrons. The van der Waals surface area contributed by atoms with Gasteiger partial charge in [-0.05, 0) is 61.8 Å². The fourth-order valence-electron chi connectivity index (χ4n) is 5.28. The molecule has 1 aromatic rings. The lowest BCUT2D eigenvalue weighted by molar-refractivity contribution is -0.141. The van der Waals surface area contributed by atoms with Crippen molar-refractivity contribution in [1.82, 2.24) is 10.2 Å². The Morgan fingerprint density at radius 3 is 2.44 bits per heavy atom. The summed E-state index contributed by atoms with van der Waals surface area (Å²) in [6.07, 6.45) is 8.46. The molecule has 0 aromatic heterocycles. The highest BCUT2D eigenvalue weighted by atomic mass is 19.1. The first-order chi connectivity index (χ1) is 12.1. The highest BCUT2D eigenvalue weighted by molar-refractivity contribution is 5.88. The summed E-state index contributed by atoms with van der Waals surface area (Å²) < 4.78 is 13.9. The lowest BCUT2D eigenvalue weighted by Crippen LogP contribution is -2.52. The smallest absolute Gasteiger partial charge is 0.233 e. The quantitative estimate of drug-likeness (QED) is 0.888. The second kappa shape index (κ2) is 6.71. The van der Waals surface area contributed by atoms with Gasteiger partial charge in [0.2, 0.25) is 5.91 Å². The third kappa shape index (κ3) is 3.10. The van der Waals surface area contributed by atoms with E-state index >= 15 is 0 Å². The highest BCUT2D eigenvalue weighted by Crippen LogP contribution is 2.43. The Kier molecular flexibility index (Phi) is 4.57. The number of piperidine rings is 1. The first-order valence-electron chi connectivity index (χ1n) is 9.90. The van der Waals surface area contributed by atoms with E-state index in [0.29, 0.717) is 5.41 Å². The number of hydrogen-bond acceptors (Lipinski definition) is 2. The van der Waals surface area contributed by atoms with Crippen LogP contribution in [0.1, 0.15) is 56.9 Å². The number of carbonyl (C=O) groups is 1. The van der Waals surface area contributed by atoms with Crippen LogP contribution in [0.15, 0.2) is 24.3 Å².